The highest BCUT2D eigenvalue weighted by molar-refractivity contribution is 8.07. The predicted octanol–water partition coefficient (Wildman–Crippen LogP) is 2.33. The molecule has 2 rings (SSSR count). The largest absolute Gasteiger partial charge is 0.455 e. The van der Waals surface area contributed by atoms with Gasteiger partial charge in [-0.3, -0.25) is 9.59 Å². The van der Waals surface area contributed by atoms with Gasteiger partial charge in [-0.2, -0.15) is 11.8 Å². The van der Waals surface area contributed by atoms with Crippen LogP contribution in [0.4, 0.5) is 5.69 Å². The molecule has 0 aromatic heterocycles. The summed E-state index contributed by atoms with van der Waals surface area (Å²) in [6, 6.07) is 7.47. The van der Waals surface area contributed by atoms with Gasteiger partial charge < -0.3 is 10.1 Å². The number of ether oxygens (including phenoxy) is 1. The summed E-state index contributed by atoms with van der Waals surface area (Å²) in [7, 11) is 0. The lowest BCUT2D eigenvalue weighted by molar-refractivity contribution is -0.146. The van der Waals surface area contributed by atoms with E-state index in [0.717, 1.165) is 22.8 Å². The summed E-state index contributed by atoms with van der Waals surface area (Å²) in [4.78, 5) is 23.4. The molecule has 0 radical (unpaired) electrons. The van der Waals surface area contributed by atoms with Crippen LogP contribution < -0.4 is 5.32 Å². The van der Waals surface area contributed by atoms with E-state index in [9.17, 15) is 9.59 Å². The number of anilines is 1. The summed E-state index contributed by atoms with van der Waals surface area (Å²) in [5.74, 6) is 2.20. The van der Waals surface area contributed by atoms with E-state index < -0.39 is 0 Å². The minimum absolute atomic E-state index is 0.138. The van der Waals surface area contributed by atoms with Crippen LogP contribution in [-0.4, -0.2) is 41.0 Å². The van der Waals surface area contributed by atoms with E-state index in [1.165, 1.54) is 0 Å². The number of hydrogen-bond donors (Lipinski definition) is 1. The summed E-state index contributed by atoms with van der Waals surface area (Å²) < 4.78 is 5.05. The number of carbonyl (C=O) groups excluding carboxylic acids is 2. The Hall–Kier alpha value is -1.14. The van der Waals surface area contributed by atoms with Crippen molar-refractivity contribution < 1.29 is 14.3 Å². The highest BCUT2D eigenvalue weighted by Crippen LogP contribution is 2.24. The van der Waals surface area contributed by atoms with Crippen LogP contribution in [0.2, 0.25) is 0 Å². The maximum atomic E-state index is 11.8. The number of aryl methyl sites for hydroxylation is 1. The van der Waals surface area contributed by atoms with Crippen LogP contribution >= 0.6 is 23.5 Å². The second kappa shape index (κ2) is 7.59. The molecule has 4 nitrogen and oxygen atoms in total. The second-order valence-electron chi connectivity index (χ2n) is 4.46. The number of hydrogen-bond acceptors (Lipinski definition) is 5. The number of nitrogens with one attached hydrogen (secondary N) is 1. The van der Waals surface area contributed by atoms with Crippen molar-refractivity contribution in [1.29, 1.82) is 0 Å². The van der Waals surface area contributed by atoms with Crippen molar-refractivity contribution >= 4 is 41.1 Å². The van der Waals surface area contributed by atoms with E-state index in [0.29, 0.717) is 5.69 Å². The molecule has 20 heavy (non-hydrogen) atoms. The monoisotopic (exact) mass is 311 g/mol. The second-order valence-corrected chi connectivity index (χ2v) is 6.92. The number of amides is 1. The third-order valence-corrected chi connectivity index (χ3v) is 5.49. The van der Waals surface area contributed by atoms with Gasteiger partial charge in [0.05, 0.1) is 0 Å². The molecule has 1 atom stereocenters. The van der Waals surface area contributed by atoms with Crippen molar-refractivity contribution in [2.24, 2.45) is 0 Å². The molecule has 1 aliphatic heterocycles. The zero-order valence-corrected chi connectivity index (χ0v) is 12.9. The lowest BCUT2D eigenvalue weighted by Gasteiger charge is -2.19. The molecule has 0 spiro atoms. The molecule has 1 amide bonds. The zero-order valence-electron chi connectivity index (χ0n) is 11.3. The first-order chi connectivity index (χ1) is 9.65. The molecule has 1 saturated heterocycles. The molecular formula is C14H17NO3S2. The highest BCUT2D eigenvalue weighted by atomic mass is 32.2. The van der Waals surface area contributed by atoms with Gasteiger partial charge in [0, 0.05) is 22.9 Å². The average molecular weight is 311 g/mol. The number of rotatable bonds is 4. The summed E-state index contributed by atoms with van der Waals surface area (Å²) >= 11 is 3.35. The topological polar surface area (TPSA) is 55.4 Å². The minimum atomic E-state index is -0.310. The molecular weight excluding hydrogens is 294 g/mol. The molecule has 0 unspecified atom stereocenters. The first kappa shape index (κ1) is 15.3. The predicted molar refractivity (Wildman–Crippen MR) is 84.3 cm³/mol. The van der Waals surface area contributed by atoms with Crippen LogP contribution in [0.5, 0.6) is 0 Å². The average Bonchev–Trinajstić information content (AvgIpc) is 2.48. The summed E-state index contributed by atoms with van der Waals surface area (Å²) in [5, 5.41) is 2.56. The number of esters is 1. The third-order valence-electron chi connectivity index (χ3n) is 2.76. The molecule has 1 aromatic rings. The van der Waals surface area contributed by atoms with Crippen molar-refractivity contribution in [2.45, 2.75) is 12.2 Å². The quantitative estimate of drug-likeness (QED) is 0.865. The SMILES string of the molecule is Cc1ccc(NC(=O)COC(=O)[C@H]2CSCCS2)cc1. The van der Waals surface area contributed by atoms with Crippen LogP contribution in [0.15, 0.2) is 24.3 Å². The number of carbonyl (C=O) groups is 2. The van der Waals surface area contributed by atoms with Gasteiger partial charge >= 0.3 is 5.97 Å². The molecule has 1 heterocycles. The van der Waals surface area contributed by atoms with E-state index in [4.69, 9.17) is 4.74 Å². The van der Waals surface area contributed by atoms with E-state index >= 15 is 0 Å². The van der Waals surface area contributed by atoms with Crippen LogP contribution in [-0.2, 0) is 14.3 Å². The van der Waals surface area contributed by atoms with Gasteiger partial charge in [0.25, 0.3) is 5.91 Å². The summed E-state index contributed by atoms with van der Waals surface area (Å²) in [5.41, 5.74) is 1.83. The molecule has 6 heteroatoms. The van der Waals surface area contributed by atoms with Crippen LogP contribution in [0.3, 0.4) is 0 Å². The normalized spacial score (nSPS) is 18.4. The Morgan fingerprint density at radius 2 is 2.05 bits per heavy atom. The van der Waals surface area contributed by atoms with Gasteiger partial charge in [-0.05, 0) is 19.1 Å². The van der Waals surface area contributed by atoms with E-state index in [1.807, 2.05) is 31.2 Å². The van der Waals surface area contributed by atoms with Crippen LogP contribution in [0, 0.1) is 6.92 Å². The molecule has 1 fully saturated rings. The van der Waals surface area contributed by atoms with Gasteiger partial charge in [-0.15, -0.1) is 11.8 Å². The van der Waals surface area contributed by atoms with Crippen molar-refractivity contribution in [3.8, 4) is 0 Å². The maximum Gasteiger partial charge on any atom is 0.320 e. The smallest absolute Gasteiger partial charge is 0.320 e. The Balaban J connectivity index is 1.74. The molecule has 0 bridgehead atoms. The fraction of sp³-hybridized carbons (Fsp3) is 0.429. The van der Waals surface area contributed by atoms with Crippen molar-refractivity contribution in [1.82, 2.24) is 0 Å². The van der Waals surface area contributed by atoms with Gasteiger partial charge in [0.15, 0.2) is 6.61 Å². The number of thioether (sulfide) groups is 2. The maximum absolute atomic E-state index is 11.8. The van der Waals surface area contributed by atoms with Gasteiger partial charge in [0.2, 0.25) is 0 Å². The fourth-order valence-electron chi connectivity index (χ4n) is 1.69. The van der Waals surface area contributed by atoms with E-state index in [-0.39, 0.29) is 23.7 Å². The van der Waals surface area contributed by atoms with Crippen LogP contribution in [0.1, 0.15) is 5.56 Å². The Morgan fingerprint density at radius 3 is 2.70 bits per heavy atom. The first-order valence-corrected chi connectivity index (χ1v) is 8.58. The van der Waals surface area contributed by atoms with Crippen molar-refractivity contribution in [2.75, 3.05) is 29.2 Å². The van der Waals surface area contributed by atoms with Gasteiger partial charge in [-0.25, -0.2) is 0 Å². The highest BCUT2D eigenvalue weighted by Gasteiger charge is 2.24. The Bertz CT molecular complexity index is 470. The van der Waals surface area contributed by atoms with Gasteiger partial charge in [-0.1, -0.05) is 17.7 Å². The zero-order chi connectivity index (χ0) is 14.4. The number of benzene rings is 1. The van der Waals surface area contributed by atoms with Crippen molar-refractivity contribution in [3.05, 3.63) is 29.8 Å². The Labute approximate surface area is 127 Å². The molecule has 1 N–H and O–H groups in total. The molecule has 108 valence electrons. The summed E-state index contributed by atoms with van der Waals surface area (Å²) in [6.45, 7) is 1.75. The lowest BCUT2D eigenvalue weighted by Crippen LogP contribution is -2.29. The Morgan fingerprint density at radius 1 is 1.30 bits per heavy atom. The molecule has 0 aliphatic carbocycles. The third kappa shape index (κ3) is 4.76. The Kier molecular flexibility index (Phi) is 5.79. The van der Waals surface area contributed by atoms with Crippen molar-refractivity contribution in [3.63, 3.8) is 0 Å². The minimum Gasteiger partial charge on any atom is -0.455 e. The van der Waals surface area contributed by atoms with Crippen LogP contribution in [0.25, 0.3) is 0 Å². The summed E-state index contributed by atoms with van der Waals surface area (Å²) in [6.07, 6.45) is 0. The first-order valence-electron chi connectivity index (χ1n) is 6.37. The standard InChI is InChI=1S/C14H17NO3S2/c1-10-2-4-11(5-3-10)15-13(16)8-18-14(17)12-9-19-6-7-20-12/h2-5,12H,6-9H2,1H3,(H,15,16)/t12-/m1/s1. The van der Waals surface area contributed by atoms with Gasteiger partial charge in [0.1, 0.15) is 5.25 Å². The molecule has 1 aromatic carbocycles. The lowest BCUT2D eigenvalue weighted by atomic mass is 10.2. The molecule has 0 saturated carbocycles. The fourth-order valence-corrected chi connectivity index (χ4v) is 4.22. The van der Waals surface area contributed by atoms with E-state index in [1.54, 1.807) is 23.5 Å². The van der Waals surface area contributed by atoms with E-state index in [2.05, 4.69) is 5.32 Å². The molecule has 1 aliphatic rings.